The summed E-state index contributed by atoms with van der Waals surface area (Å²) < 4.78 is 11.2. The minimum absolute atomic E-state index is 0.0435. The topological polar surface area (TPSA) is 88.1 Å². The van der Waals surface area contributed by atoms with Crippen LogP contribution in [0.15, 0.2) is 24.3 Å². The Morgan fingerprint density at radius 3 is 2.89 bits per heavy atom. The molecule has 0 spiro atoms. The Labute approximate surface area is 158 Å². The van der Waals surface area contributed by atoms with Crippen molar-refractivity contribution >= 4 is 17.5 Å². The number of likely N-dealkylation sites (tertiary alicyclic amines) is 1. The van der Waals surface area contributed by atoms with Crippen LogP contribution in [0.5, 0.6) is 0 Å². The van der Waals surface area contributed by atoms with E-state index in [1.165, 1.54) is 6.92 Å². The molecule has 0 bridgehead atoms. The molecule has 0 aromatic heterocycles. The van der Waals surface area contributed by atoms with Gasteiger partial charge in [0.05, 0.1) is 18.8 Å². The molecule has 2 amide bonds. The molecule has 3 fully saturated rings. The monoisotopic (exact) mass is 374 g/mol. The molecule has 0 radical (unpaired) electrons. The van der Waals surface area contributed by atoms with Gasteiger partial charge in [0.1, 0.15) is 0 Å². The van der Waals surface area contributed by atoms with E-state index in [1.54, 1.807) is 24.3 Å². The third-order valence-corrected chi connectivity index (χ3v) is 6.23. The largest absolute Gasteiger partial charge is 0.389 e. The normalized spacial score (nSPS) is 33.0. The Hall–Kier alpha value is -1.96. The number of rotatable bonds is 2. The van der Waals surface area contributed by atoms with Crippen LogP contribution in [-0.4, -0.2) is 66.4 Å². The lowest BCUT2D eigenvalue weighted by Gasteiger charge is -2.56. The number of ether oxygens (including phenoxy) is 2. The first kappa shape index (κ1) is 18.4. The van der Waals surface area contributed by atoms with Crippen LogP contribution < -0.4 is 5.32 Å². The first-order chi connectivity index (χ1) is 13.0. The lowest BCUT2D eigenvalue weighted by molar-refractivity contribution is -0.211. The molecule has 0 unspecified atom stereocenters. The van der Waals surface area contributed by atoms with Gasteiger partial charge in [-0.3, -0.25) is 4.79 Å². The fraction of sp³-hybridized carbons (Fsp3) is 0.600. The number of hydrogen-bond acceptors (Lipinski definition) is 5. The molecule has 146 valence electrons. The minimum Gasteiger partial charge on any atom is -0.389 e. The molecule has 0 aliphatic carbocycles. The van der Waals surface area contributed by atoms with Crippen molar-refractivity contribution < 1.29 is 24.2 Å². The number of nitrogens with zero attached hydrogens (tertiary/aromatic N) is 1. The molecule has 2 N–H and O–H groups in total. The van der Waals surface area contributed by atoms with E-state index in [2.05, 4.69) is 5.32 Å². The Morgan fingerprint density at radius 1 is 1.26 bits per heavy atom. The summed E-state index contributed by atoms with van der Waals surface area (Å²) in [4.78, 5) is 26.5. The molecule has 7 nitrogen and oxygen atoms in total. The lowest BCUT2D eigenvalue weighted by Crippen LogP contribution is -2.69. The molecule has 3 heterocycles. The maximum absolute atomic E-state index is 13.0. The van der Waals surface area contributed by atoms with Gasteiger partial charge in [-0.2, -0.15) is 0 Å². The summed E-state index contributed by atoms with van der Waals surface area (Å²) in [5.41, 5.74) is 0.316. The van der Waals surface area contributed by atoms with Gasteiger partial charge in [0.25, 0.3) is 0 Å². The number of Topliss-reactive ketones (excluding diaryl/α,β-unsaturated/α-hetero) is 1. The average Bonchev–Trinajstić information content (AvgIpc) is 2.67. The predicted octanol–water partition coefficient (Wildman–Crippen LogP) is 1.91. The Balaban J connectivity index is 1.56. The van der Waals surface area contributed by atoms with E-state index in [-0.39, 0.29) is 29.7 Å². The van der Waals surface area contributed by atoms with Gasteiger partial charge in [-0.15, -0.1) is 0 Å². The minimum atomic E-state index is -0.839. The molecule has 4 rings (SSSR count). The number of urea groups is 1. The number of aliphatic hydroxyl groups is 1. The van der Waals surface area contributed by atoms with Gasteiger partial charge >= 0.3 is 6.03 Å². The third-order valence-electron chi connectivity index (χ3n) is 6.23. The van der Waals surface area contributed by atoms with Crippen molar-refractivity contribution in [2.45, 2.75) is 31.4 Å². The summed E-state index contributed by atoms with van der Waals surface area (Å²) in [6, 6.07) is 6.68. The van der Waals surface area contributed by atoms with E-state index < -0.39 is 5.60 Å². The maximum Gasteiger partial charge on any atom is 0.322 e. The summed E-state index contributed by atoms with van der Waals surface area (Å²) in [7, 11) is 0. The fourth-order valence-corrected chi connectivity index (χ4v) is 4.70. The molecular weight excluding hydrogens is 348 g/mol. The van der Waals surface area contributed by atoms with E-state index in [9.17, 15) is 14.7 Å². The molecule has 27 heavy (non-hydrogen) atoms. The second kappa shape index (κ2) is 7.22. The molecule has 1 aromatic carbocycles. The van der Waals surface area contributed by atoms with Crippen molar-refractivity contribution in [3.05, 3.63) is 29.8 Å². The Morgan fingerprint density at radius 2 is 2.07 bits per heavy atom. The summed E-state index contributed by atoms with van der Waals surface area (Å²) in [5.74, 6) is -0.273. The summed E-state index contributed by atoms with van der Waals surface area (Å²) in [6.07, 6.45) is 1.29. The summed E-state index contributed by atoms with van der Waals surface area (Å²) in [6.45, 7) is 3.99. The number of hydrogen-bond donors (Lipinski definition) is 2. The molecule has 3 aliphatic rings. The number of amides is 2. The number of anilines is 1. The van der Waals surface area contributed by atoms with Crippen LogP contribution in [0.25, 0.3) is 0 Å². The van der Waals surface area contributed by atoms with Crippen LogP contribution >= 0.6 is 0 Å². The zero-order chi connectivity index (χ0) is 19.0. The smallest absolute Gasteiger partial charge is 0.322 e. The number of carbonyl (C=O) groups excluding carboxylic acids is 2. The summed E-state index contributed by atoms with van der Waals surface area (Å²) >= 11 is 0. The number of piperidine rings is 1. The highest BCUT2D eigenvalue weighted by Crippen LogP contribution is 2.44. The predicted molar refractivity (Wildman–Crippen MR) is 98.8 cm³/mol. The van der Waals surface area contributed by atoms with Crippen molar-refractivity contribution in [3.8, 4) is 0 Å². The van der Waals surface area contributed by atoms with Crippen molar-refractivity contribution in [3.63, 3.8) is 0 Å². The quantitative estimate of drug-likeness (QED) is 0.772. The molecule has 7 heteroatoms. The van der Waals surface area contributed by atoms with Crippen molar-refractivity contribution in [1.82, 2.24) is 4.90 Å². The van der Waals surface area contributed by atoms with Crippen LogP contribution in [-0.2, 0) is 9.47 Å². The SMILES string of the molecule is CC(=O)c1cccc(NC(=O)N2C[C@H]3COCC[C@@]3(O)[C@@H]3COCC[C@@H]32)c1. The maximum atomic E-state index is 13.0. The van der Waals surface area contributed by atoms with Gasteiger partial charge in [0, 0.05) is 55.3 Å². The van der Waals surface area contributed by atoms with Gasteiger partial charge in [-0.1, -0.05) is 12.1 Å². The van der Waals surface area contributed by atoms with Crippen LogP contribution in [0, 0.1) is 11.8 Å². The van der Waals surface area contributed by atoms with E-state index in [1.807, 2.05) is 4.90 Å². The standard InChI is InChI=1S/C20H26N2O5/c1-13(23)14-3-2-4-16(9-14)21-19(24)22-10-15-11-27-8-6-20(15,25)17-12-26-7-5-18(17)22/h2-4,9,15,17-18,25H,5-8,10-12H2,1H3,(H,21,24)/t15-,17+,18-,20-/m0/s1. The number of nitrogens with one attached hydrogen (secondary N) is 1. The van der Waals surface area contributed by atoms with Crippen LogP contribution in [0.1, 0.15) is 30.1 Å². The van der Waals surface area contributed by atoms with Crippen LogP contribution in [0.2, 0.25) is 0 Å². The van der Waals surface area contributed by atoms with Gasteiger partial charge in [-0.25, -0.2) is 4.79 Å². The van der Waals surface area contributed by atoms with Crippen LogP contribution in [0.3, 0.4) is 0 Å². The zero-order valence-corrected chi connectivity index (χ0v) is 15.5. The first-order valence-corrected chi connectivity index (χ1v) is 9.55. The van der Waals surface area contributed by atoms with Crippen molar-refractivity contribution in [2.24, 2.45) is 11.8 Å². The highest BCUT2D eigenvalue weighted by Gasteiger charge is 2.56. The Kier molecular flexibility index (Phi) is 4.92. The molecule has 4 atom stereocenters. The fourth-order valence-electron chi connectivity index (χ4n) is 4.70. The zero-order valence-electron chi connectivity index (χ0n) is 15.5. The highest BCUT2D eigenvalue weighted by atomic mass is 16.5. The third kappa shape index (κ3) is 3.35. The molecule has 1 aromatic rings. The average molecular weight is 374 g/mol. The van der Waals surface area contributed by atoms with Crippen molar-refractivity contribution in [2.75, 3.05) is 38.3 Å². The Bertz CT molecular complexity index is 739. The van der Waals surface area contributed by atoms with Gasteiger partial charge < -0.3 is 24.8 Å². The number of fused-ring (bicyclic) bond motifs is 3. The van der Waals surface area contributed by atoms with E-state index in [0.717, 1.165) is 0 Å². The van der Waals surface area contributed by atoms with Gasteiger partial charge in [0.15, 0.2) is 5.78 Å². The van der Waals surface area contributed by atoms with E-state index >= 15 is 0 Å². The number of ketones is 1. The summed E-state index contributed by atoms with van der Waals surface area (Å²) in [5, 5.41) is 14.2. The highest BCUT2D eigenvalue weighted by molar-refractivity contribution is 5.96. The first-order valence-electron chi connectivity index (χ1n) is 9.55. The second-order valence-electron chi connectivity index (χ2n) is 7.77. The molecular formula is C20H26N2O5. The lowest BCUT2D eigenvalue weighted by atomic mass is 9.66. The molecule has 3 saturated heterocycles. The van der Waals surface area contributed by atoms with Crippen molar-refractivity contribution in [1.29, 1.82) is 0 Å². The molecule has 0 saturated carbocycles. The van der Waals surface area contributed by atoms with Gasteiger partial charge in [-0.05, 0) is 25.5 Å². The van der Waals surface area contributed by atoms with Crippen LogP contribution in [0.4, 0.5) is 10.5 Å². The second-order valence-corrected chi connectivity index (χ2v) is 7.77. The molecule has 3 aliphatic heterocycles. The number of benzene rings is 1. The van der Waals surface area contributed by atoms with E-state index in [4.69, 9.17) is 9.47 Å². The van der Waals surface area contributed by atoms with E-state index in [0.29, 0.717) is 57.1 Å². The number of carbonyl (C=O) groups is 2. The van der Waals surface area contributed by atoms with Gasteiger partial charge in [0.2, 0.25) is 0 Å².